The molecule has 134 valence electrons. The number of nitrogens with zero attached hydrogens (tertiary/aromatic N) is 1. The van der Waals surface area contributed by atoms with Crippen molar-refractivity contribution in [1.82, 2.24) is 10.0 Å². The molecule has 2 aromatic rings. The van der Waals surface area contributed by atoms with Crippen LogP contribution in [0.1, 0.15) is 10.6 Å². The maximum Gasteiger partial charge on any atom is 0.292 e. The minimum Gasteiger partial charge on any atom is -0.438 e. The van der Waals surface area contributed by atoms with Crippen LogP contribution in [0, 0.1) is 10.1 Å². The second-order valence-corrected chi connectivity index (χ2v) is 6.60. The first-order valence-corrected chi connectivity index (χ1v) is 8.62. The van der Waals surface area contributed by atoms with Gasteiger partial charge in [-0.3, -0.25) is 14.9 Å². The van der Waals surface area contributed by atoms with Gasteiger partial charge in [0.05, 0.1) is 4.92 Å². The van der Waals surface area contributed by atoms with E-state index in [1.165, 1.54) is 25.2 Å². The van der Waals surface area contributed by atoms with Crippen LogP contribution >= 0.6 is 0 Å². The molecule has 0 fully saturated rings. The van der Waals surface area contributed by atoms with Crippen LogP contribution in [-0.2, 0) is 10.0 Å². The zero-order valence-corrected chi connectivity index (χ0v) is 14.0. The predicted molar refractivity (Wildman–Crippen MR) is 88.9 cm³/mol. The van der Waals surface area contributed by atoms with Crippen molar-refractivity contribution in [3.63, 3.8) is 0 Å². The van der Waals surface area contributed by atoms with E-state index < -0.39 is 20.9 Å². The molecule has 0 aliphatic rings. The smallest absolute Gasteiger partial charge is 0.292 e. The molecule has 0 aliphatic heterocycles. The van der Waals surface area contributed by atoms with Gasteiger partial charge in [-0.1, -0.05) is 12.1 Å². The molecule has 1 amide bonds. The lowest BCUT2D eigenvalue weighted by Gasteiger charge is -2.07. The van der Waals surface area contributed by atoms with E-state index in [9.17, 15) is 23.3 Å². The zero-order chi connectivity index (χ0) is 18.4. The Kier molecular flexibility index (Phi) is 5.72. The first kappa shape index (κ1) is 18.4. The summed E-state index contributed by atoms with van der Waals surface area (Å²) in [6.07, 6.45) is 0. The molecular weight excluding hydrogens is 352 g/mol. The molecule has 0 bridgehead atoms. The SMILES string of the molecule is CNS(=O)(=O)c1ccc(C(=O)NCCNc2ccccc2[N+](=O)[O-])o1. The molecule has 1 aromatic carbocycles. The van der Waals surface area contributed by atoms with Crippen LogP contribution < -0.4 is 15.4 Å². The first-order chi connectivity index (χ1) is 11.8. The first-order valence-electron chi connectivity index (χ1n) is 7.14. The number of hydrogen-bond donors (Lipinski definition) is 3. The van der Waals surface area contributed by atoms with Crippen LogP contribution in [0.2, 0.25) is 0 Å². The van der Waals surface area contributed by atoms with Crippen LogP contribution in [0.25, 0.3) is 0 Å². The lowest BCUT2D eigenvalue weighted by molar-refractivity contribution is -0.384. The van der Waals surface area contributed by atoms with Crippen molar-refractivity contribution < 1.29 is 22.6 Å². The van der Waals surface area contributed by atoms with Gasteiger partial charge < -0.3 is 15.1 Å². The summed E-state index contributed by atoms with van der Waals surface area (Å²) in [6, 6.07) is 8.55. The molecule has 0 aliphatic carbocycles. The lowest BCUT2D eigenvalue weighted by Crippen LogP contribution is -2.28. The maximum absolute atomic E-state index is 11.9. The second kappa shape index (κ2) is 7.77. The molecule has 0 saturated carbocycles. The largest absolute Gasteiger partial charge is 0.438 e. The molecule has 25 heavy (non-hydrogen) atoms. The van der Waals surface area contributed by atoms with E-state index in [0.29, 0.717) is 5.69 Å². The summed E-state index contributed by atoms with van der Waals surface area (Å²) in [5, 5.41) is 15.9. The van der Waals surface area contributed by atoms with Crippen LogP contribution in [0.15, 0.2) is 45.9 Å². The average molecular weight is 368 g/mol. The Balaban J connectivity index is 1.89. The van der Waals surface area contributed by atoms with Crippen molar-refractivity contribution in [3.8, 4) is 0 Å². The number of carbonyl (C=O) groups excluding carboxylic acids is 1. The van der Waals surface area contributed by atoms with Crippen molar-refractivity contribution in [2.75, 3.05) is 25.5 Å². The van der Waals surface area contributed by atoms with Crippen molar-refractivity contribution in [2.24, 2.45) is 0 Å². The van der Waals surface area contributed by atoms with Gasteiger partial charge in [0.1, 0.15) is 5.69 Å². The molecule has 11 heteroatoms. The minimum atomic E-state index is -3.76. The number of furan rings is 1. The van der Waals surface area contributed by atoms with E-state index in [1.54, 1.807) is 18.2 Å². The number of nitro benzene ring substituents is 1. The number of anilines is 1. The Morgan fingerprint density at radius 3 is 2.60 bits per heavy atom. The monoisotopic (exact) mass is 368 g/mol. The molecule has 2 rings (SSSR count). The summed E-state index contributed by atoms with van der Waals surface area (Å²) in [6.45, 7) is 0.388. The number of para-hydroxylation sites is 2. The van der Waals surface area contributed by atoms with E-state index in [0.717, 1.165) is 0 Å². The van der Waals surface area contributed by atoms with Crippen LogP contribution in [0.4, 0.5) is 11.4 Å². The number of nitrogens with one attached hydrogen (secondary N) is 3. The van der Waals surface area contributed by atoms with E-state index in [4.69, 9.17) is 4.42 Å². The van der Waals surface area contributed by atoms with Gasteiger partial charge in [-0.15, -0.1) is 0 Å². The quantitative estimate of drug-likeness (QED) is 0.357. The standard InChI is InChI=1S/C14H16N4O6S/c1-15-25(22,23)13-7-6-12(24-13)14(19)17-9-8-16-10-4-2-3-5-11(10)18(20)21/h2-7,15-16H,8-9H2,1H3,(H,17,19). The van der Waals surface area contributed by atoms with E-state index in [1.807, 2.05) is 0 Å². The molecule has 0 atom stereocenters. The minimum absolute atomic E-state index is 0.0678. The summed E-state index contributed by atoms with van der Waals surface area (Å²) in [5.74, 6) is -0.749. The van der Waals surface area contributed by atoms with Crippen molar-refractivity contribution in [2.45, 2.75) is 5.09 Å². The van der Waals surface area contributed by atoms with E-state index in [2.05, 4.69) is 15.4 Å². The Labute approximate surface area is 143 Å². The molecule has 0 saturated heterocycles. The average Bonchev–Trinajstić information content (AvgIpc) is 3.10. The van der Waals surface area contributed by atoms with Gasteiger partial charge in [0, 0.05) is 19.2 Å². The summed E-state index contributed by atoms with van der Waals surface area (Å²) in [4.78, 5) is 22.3. The Morgan fingerprint density at radius 1 is 1.20 bits per heavy atom. The fourth-order valence-electron chi connectivity index (χ4n) is 1.93. The third kappa shape index (κ3) is 4.55. The van der Waals surface area contributed by atoms with Gasteiger partial charge in [-0.25, -0.2) is 13.1 Å². The molecule has 1 heterocycles. The third-order valence-corrected chi connectivity index (χ3v) is 4.45. The summed E-state index contributed by atoms with van der Waals surface area (Å²) in [5.41, 5.74) is 0.268. The molecule has 0 spiro atoms. The summed E-state index contributed by atoms with van der Waals surface area (Å²) >= 11 is 0. The van der Waals surface area contributed by atoms with Gasteiger partial charge in [0.25, 0.3) is 21.6 Å². The van der Waals surface area contributed by atoms with Gasteiger partial charge >= 0.3 is 0 Å². The fourth-order valence-corrected chi connectivity index (χ4v) is 2.58. The fraction of sp³-hybridized carbons (Fsp3) is 0.214. The Bertz CT molecular complexity index is 877. The number of sulfonamides is 1. The number of amides is 1. The predicted octanol–water partition coefficient (Wildman–Crippen LogP) is 0.938. The highest BCUT2D eigenvalue weighted by Gasteiger charge is 2.19. The Morgan fingerprint density at radius 2 is 1.92 bits per heavy atom. The lowest BCUT2D eigenvalue weighted by atomic mass is 10.2. The molecule has 1 aromatic heterocycles. The number of nitro groups is 1. The molecule has 0 unspecified atom stereocenters. The second-order valence-electron chi connectivity index (χ2n) is 4.78. The summed E-state index contributed by atoms with van der Waals surface area (Å²) in [7, 11) is -2.53. The number of carbonyl (C=O) groups is 1. The highest BCUT2D eigenvalue weighted by Crippen LogP contribution is 2.22. The topological polar surface area (TPSA) is 144 Å². The Hall–Kier alpha value is -2.92. The highest BCUT2D eigenvalue weighted by molar-refractivity contribution is 7.89. The van der Waals surface area contributed by atoms with Crippen LogP contribution in [0.5, 0.6) is 0 Å². The molecule has 10 nitrogen and oxygen atoms in total. The number of benzene rings is 1. The van der Waals surface area contributed by atoms with Gasteiger partial charge in [0.2, 0.25) is 5.09 Å². The van der Waals surface area contributed by atoms with Gasteiger partial charge in [-0.2, -0.15) is 0 Å². The van der Waals surface area contributed by atoms with Gasteiger partial charge in [0.15, 0.2) is 5.76 Å². The van der Waals surface area contributed by atoms with E-state index in [-0.39, 0.29) is 29.6 Å². The van der Waals surface area contributed by atoms with Gasteiger partial charge in [-0.05, 0) is 25.2 Å². The molecule has 0 radical (unpaired) electrons. The van der Waals surface area contributed by atoms with Crippen molar-refractivity contribution in [3.05, 3.63) is 52.3 Å². The third-order valence-electron chi connectivity index (χ3n) is 3.17. The molecule has 3 N–H and O–H groups in total. The number of hydrogen-bond acceptors (Lipinski definition) is 7. The summed E-state index contributed by atoms with van der Waals surface area (Å²) < 4.78 is 30.2. The zero-order valence-electron chi connectivity index (χ0n) is 13.2. The van der Waals surface area contributed by atoms with E-state index >= 15 is 0 Å². The highest BCUT2D eigenvalue weighted by atomic mass is 32.2. The van der Waals surface area contributed by atoms with Crippen molar-refractivity contribution in [1.29, 1.82) is 0 Å². The van der Waals surface area contributed by atoms with Crippen LogP contribution in [-0.4, -0.2) is 39.4 Å². The number of rotatable bonds is 8. The van der Waals surface area contributed by atoms with Crippen LogP contribution in [0.3, 0.4) is 0 Å². The maximum atomic E-state index is 11.9. The van der Waals surface area contributed by atoms with Crippen molar-refractivity contribution >= 4 is 27.3 Å². The molecular formula is C14H16N4O6S. The normalized spacial score (nSPS) is 11.1.